The number of hydrogen-bond acceptors (Lipinski definition) is 5. The van der Waals surface area contributed by atoms with Gasteiger partial charge in [0.25, 0.3) is 5.56 Å². The Labute approximate surface area is 181 Å². The molecule has 1 aliphatic heterocycles. The molecule has 0 bridgehead atoms. The van der Waals surface area contributed by atoms with Gasteiger partial charge in [-0.2, -0.15) is 16.7 Å². The predicted molar refractivity (Wildman–Crippen MR) is 121 cm³/mol. The van der Waals surface area contributed by atoms with Gasteiger partial charge in [-0.05, 0) is 61.1 Å². The monoisotopic (exact) mass is 440 g/mol. The molecule has 0 N–H and O–H groups in total. The smallest absolute Gasteiger partial charge is 0.310 e. The Kier molecular flexibility index (Phi) is 4.86. The van der Waals surface area contributed by atoms with Gasteiger partial charge < -0.3 is 4.74 Å². The molecule has 0 saturated heterocycles. The van der Waals surface area contributed by atoms with Crippen LogP contribution in [-0.2, 0) is 12.2 Å². The molecule has 0 radical (unpaired) electrons. The molecule has 0 unspecified atom stereocenters. The number of ether oxygens (including phenoxy) is 1. The third-order valence-corrected chi connectivity index (χ3v) is 7.47. The van der Waals surface area contributed by atoms with Gasteiger partial charge in [0.1, 0.15) is 10.6 Å². The van der Waals surface area contributed by atoms with Crippen LogP contribution >= 0.6 is 34.7 Å². The van der Waals surface area contributed by atoms with Crippen LogP contribution in [0.1, 0.15) is 16.0 Å². The van der Waals surface area contributed by atoms with Gasteiger partial charge >= 0.3 is 6.01 Å². The standard InChI is InChI=1S/C22H17ClN2O2S2/c1-13-2-8-16(9-3-13)27-22-24-20-19(17-10-11-28-12-18(17)29-20)21(26)25(22)15-6-4-14(23)5-7-15/h2-9H,10-12H2,1H3. The van der Waals surface area contributed by atoms with Crippen LogP contribution in [-0.4, -0.2) is 15.3 Å². The highest BCUT2D eigenvalue weighted by atomic mass is 35.5. The van der Waals surface area contributed by atoms with Gasteiger partial charge in [0.05, 0.1) is 11.1 Å². The molecule has 4 aromatic rings. The van der Waals surface area contributed by atoms with Crippen molar-refractivity contribution >= 4 is 44.9 Å². The van der Waals surface area contributed by atoms with E-state index in [9.17, 15) is 4.79 Å². The molecule has 1 aliphatic rings. The van der Waals surface area contributed by atoms with Crippen molar-refractivity contribution in [2.75, 3.05) is 5.75 Å². The summed E-state index contributed by atoms with van der Waals surface area (Å²) in [6.45, 7) is 2.02. The predicted octanol–water partition coefficient (Wildman–Crippen LogP) is 5.99. The van der Waals surface area contributed by atoms with Crippen LogP contribution in [0, 0.1) is 6.92 Å². The van der Waals surface area contributed by atoms with E-state index in [1.165, 1.54) is 4.88 Å². The fraction of sp³-hybridized carbons (Fsp3) is 0.182. The first-order chi connectivity index (χ1) is 14.1. The maximum Gasteiger partial charge on any atom is 0.310 e. The maximum absolute atomic E-state index is 13.6. The Morgan fingerprint density at radius 3 is 2.62 bits per heavy atom. The van der Waals surface area contributed by atoms with Gasteiger partial charge in [0, 0.05) is 15.7 Å². The summed E-state index contributed by atoms with van der Waals surface area (Å²) >= 11 is 9.56. The van der Waals surface area contributed by atoms with E-state index in [4.69, 9.17) is 21.3 Å². The minimum Gasteiger partial charge on any atom is -0.425 e. The van der Waals surface area contributed by atoms with E-state index in [2.05, 4.69) is 0 Å². The zero-order valence-corrected chi connectivity index (χ0v) is 18.0. The molecule has 4 nitrogen and oxygen atoms in total. The lowest BCUT2D eigenvalue weighted by molar-refractivity contribution is 0.427. The van der Waals surface area contributed by atoms with Crippen molar-refractivity contribution in [3.8, 4) is 17.4 Å². The van der Waals surface area contributed by atoms with Gasteiger partial charge in [0.2, 0.25) is 0 Å². The first kappa shape index (κ1) is 18.7. The lowest BCUT2D eigenvalue weighted by Gasteiger charge is -2.14. The quantitative estimate of drug-likeness (QED) is 0.392. The van der Waals surface area contributed by atoms with E-state index in [1.807, 2.05) is 55.1 Å². The zero-order chi connectivity index (χ0) is 20.0. The van der Waals surface area contributed by atoms with Crippen molar-refractivity contribution in [2.24, 2.45) is 0 Å². The molecule has 2 aromatic carbocycles. The number of rotatable bonds is 3. The third kappa shape index (κ3) is 3.45. The van der Waals surface area contributed by atoms with Crippen molar-refractivity contribution in [1.29, 1.82) is 0 Å². The normalized spacial score (nSPS) is 13.4. The summed E-state index contributed by atoms with van der Waals surface area (Å²) in [6.07, 6.45) is 0.899. The SMILES string of the molecule is Cc1ccc(Oc2nc3sc4c(c3c(=O)n2-c2ccc(Cl)cc2)CCSC4)cc1. The van der Waals surface area contributed by atoms with E-state index in [1.54, 1.807) is 28.0 Å². The Morgan fingerprint density at radius 1 is 1.10 bits per heavy atom. The fourth-order valence-corrected chi connectivity index (χ4v) is 5.91. The number of thiophene rings is 1. The molecule has 0 aliphatic carbocycles. The summed E-state index contributed by atoms with van der Waals surface area (Å²) in [5, 5.41) is 1.33. The molecule has 2 aromatic heterocycles. The molecular formula is C22H17ClN2O2S2. The lowest BCUT2D eigenvalue weighted by Crippen LogP contribution is -2.22. The van der Waals surface area contributed by atoms with Crippen LogP contribution < -0.4 is 10.3 Å². The van der Waals surface area contributed by atoms with Crippen molar-refractivity contribution in [3.63, 3.8) is 0 Å². The molecule has 7 heteroatoms. The van der Waals surface area contributed by atoms with Crippen molar-refractivity contribution in [3.05, 3.63) is 79.9 Å². The van der Waals surface area contributed by atoms with Crippen LogP contribution in [0.15, 0.2) is 53.3 Å². The van der Waals surface area contributed by atoms with Gasteiger partial charge in [-0.15, -0.1) is 11.3 Å². The van der Waals surface area contributed by atoms with E-state index in [0.29, 0.717) is 16.5 Å². The second kappa shape index (κ2) is 7.52. The summed E-state index contributed by atoms with van der Waals surface area (Å²) in [5.74, 6) is 2.60. The van der Waals surface area contributed by atoms with Gasteiger partial charge in [-0.1, -0.05) is 29.3 Å². The number of hydrogen-bond donors (Lipinski definition) is 0. The Hall–Kier alpha value is -2.28. The van der Waals surface area contributed by atoms with Gasteiger partial charge in [-0.25, -0.2) is 4.57 Å². The molecule has 0 amide bonds. The Balaban J connectivity index is 1.75. The second-order valence-corrected chi connectivity index (χ2v) is 9.54. The van der Waals surface area contributed by atoms with Crippen molar-refractivity contribution in [1.82, 2.24) is 9.55 Å². The number of fused-ring (bicyclic) bond motifs is 3. The zero-order valence-electron chi connectivity index (χ0n) is 15.6. The van der Waals surface area contributed by atoms with Crippen LogP contribution in [0.4, 0.5) is 0 Å². The van der Waals surface area contributed by atoms with Crippen LogP contribution in [0.2, 0.25) is 5.02 Å². The third-order valence-electron chi connectivity index (χ3n) is 4.92. The Bertz CT molecular complexity index is 1260. The second-order valence-electron chi connectivity index (χ2n) is 6.91. The molecule has 29 heavy (non-hydrogen) atoms. The molecule has 0 spiro atoms. The summed E-state index contributed by atoms with van der Waals surface area (Å²) in [4.78, 5) is 20.4. The van der Waals surface area contributed by atoms with Crippen LogP contribution in [0.5, 0.6) is 11.8 Å². The van der Waals surface area contributed by atoms with Crippen LogP contribution in [0.3, 0.4) is 0 Å². The lowest BCUT2D eigenvalue weighted by atomic mass is 10.1. The number of benzene rings is 2. The van der Waals surface area contributed by atoms with Crippen molar-refractivity contribution in [2.45, 2.75) is 19.1 Å². The average molecular weight is 441 g/mol. The summed E-state index contributed by atoms with van der Waals surface area (Å²) in [6, 6.07) is 15.1. The van der Waals surface area contributed by atoms with Gasteiger partial charge in [0.15, 0.2) is 0 Å². The number of halogens is 1. The van der Waals surface area contributed by atoms with E-state index >= 15 is 0 Å². The number of thioether (sulfide) groups is 1. The maximum atomic E-state index is 13.6. The molecule has 0 fully saturated rings. The summed E-state index contributed by atoms with van der Waals surface area (Å²) in [7, 11) is 0. The summed E-state index contributed by atoms with van der Waals surface area (Å²) in [5.41, 5.74) is 2.87. The number of aromatic nitrogens is 2. The first-order valence-corrected chi connectivity index (χ1v) is 11.6. The van der Waals surface area contributed by atoms with Crippen molar-refractivity contribution < 1.29 is 4.74 Å². The first-order valence-electron chi connectivity index (χ1n) is 9.25. The highest BCUT2D eigenvalue weighted by Crippen LogP contribution is 2.37. The van der Waals surface area contributed by atoms with Crippen LogP contribution in [0.25, 0.3) is 15.9 Å². The van der Waals surface area contributed by atoms with E-state index < -0.39 is 0 Å². The van der Waals surface area contributed by atoms with E-state index in [-0.39, 0.29) is 11.6 Å². The minimum atomic E-state index is -0.0937. The Morgan fingerprint density at radius 2 is 1.86 bits per heavy atom. The average Bonchev–Trinajstić information content (AvgIpc) is 3.09. The molecule has 0 atom stereocenters. The molecule has 5 rings (SSSR count). The highest BCUT2D eigenvalue weighted by molar-refractivity contribution is 7.98. The molecule has 146 valence electrons. The number of aryl methyl sites for hydroxylation is 2. The number of nitrogens with zero attached hydrogens (tertiary/aromatic N) is 2. The molecule has 0 saturated carbocycles. The fourth-order valence-electron chi connectivity index (χ4n) is 3.45. The highest BCUT2D eigenvalue weighted by Gasteiger charge is 2.23. The van der Waals surface area contributed by atoms with Gasteiger partial charge in [-0.3, -0.25) is 4.79 Å². The van der Waals surface area contributed by atoms with E-state index in [0.717, 1.165) is 39.3 Å². The topological polar surface area (TPSA) is 44.1 Å². The molecular weight excluding hydrogens is 424 g/mol. The largest absolute Gasteiger partial charge is 0.425 e. The molecule has 3 heterocycles. The summed E-state index contributed by atoms with van der Waals surface area (Å²) < 4.78 is 7.64. The minimum absolute atomic E-state index is 0.0937.